The number of hydrogen-bond acceptors (Lipinski definition) is 5. The minimum Gasteiger partial charge on any atom is -0.477 e. The highest BCUT2D eigenvalue weighted by Gasteiger charge is 2.19. The van der Waals surface area contributed by atoms with Gasteiger partial charge < -0.3 is 14.6 Å². The number of hydrogen-bond donors (Lipinski definition) is 1. The topological polar surface area (TPSA) is 86.0 Å². The molecule has 0 unspecified atom stereocenters. The van der Waals surface area contributed by atoms with E-state index in [9.17, 15) is 14.3 Å². The van der Waals surface area contributed by atoms with Crippen LogP contribution in [-0.2, 0) is 0 Å². The van der Waals surface area contributed by atoms with Crippen molar-refractivity contribution < 1.29 is 23.8 Å². The molecular weight excluding hydrogens is 365 g/mol. The molecular formula is C20H12FN3O4. The Bertz CT molecular complexity index is 1230. The third-order valence-electron chi connectivity index (χ3n) is 4.45. The third-order valence-corrected chi connectivity index (χ3v) is 4.45. The third kappa shape index (κ3) is 2.62. The summed E-state index contributed by atoms with van der Waals surface area (Å²) in [7, 11) is 0. The number of halogens is 1. The molecule has 7 nitrogen and oxygen atoms in total. The van der Waals surface area contributed by atoms with Gasteiger partial charge in [-0.15, -0.1) is 0 Å². The van der Waals surface area contributed by atoms with Gasteiger partial charge in [0.15, 0.2) is 22.8 Å². The lowest BCUT2D eigenvalue weighted by molar-refractivity contribution is 0.0687. The number of carboxylic acid groups (broad SMARTS) is 1. The van der Waals surface area contributed by atoms with Gasteiger partial charge in [-0.2, -0.15) is 5.10 Å². The molecule has 8 heteroatoms. The van der Waals surface area contributed by atoms with Gasteiger partial charge in [-0.1, -0.05) is 0 Å². The molecule has 4 aromatic rings. The minimum absolute atomic E-state index is 0.0361. The van der Waals surface area contributed by atoms with Gasteiger partial charge in [0, 0.05) is 17.2 Å². The Kier molecular flexibility index (Phi) is 3.51. The maximum atomic E-state index is 13.2. The Hall–Kier alpha value is -3.94. The van der Waals surface area contributed by atoms with Gasteiger partial charge in [0.25, 0.3) is 0 Å². The van der Waals surface area contributed by atoms with Gasteiger partial charge in [-0.3, -0.25) is 0 Å². The summed E-state index contributed by atoms with van der Waals surface area (Å²) in [4.78, 5) is 16.3. The van der Waals surface area contributed by atoms with Crippen LogP contribution in [0.2, 0.25) is 0 Å². The van der Waals surface area contributed by atoms with E-state index in [0.717, 1.165) is 0 Å². The molecule has 0 aliphatic carbocycles. The van der Waals surface area contributed by atoms with E-state index in [1.807, 2.05) is 0 Å². The first-order chi connectivity index (χ1) is 13.6. The van der Waals surface area contributed by atoms with Crippen molar-refractivity contribution in [1.29, 1.82) is 0 Å². The van der Waals surface area contributed by atoms with E-state index >= 15 is 0 Å². The molecule has 0 saturated carbocycles. The van der Waals surface area contributed by atoms with Crippen LogP contribution in [0.15, 0.2) is 54.6 Å². The van der Waals surface area contributed by atoms with Crippen molar-refractivity contribution in [3.63, 3.8) is 0 Å². The SMILES string of the molecule is O=C(O)c1cc(-c2ccc3c(c2)OCO3)nc2cc(-c3ccc(F)cc3)nn12. The summed E-state index contributed by atoms with van der Waals surface area (Å²) < 4.78 is 25.1. The highest BCUT2D eigenvalue weighted by molar-refractivity contribution is 5.88. The average Bonchev–Trinajstić information content (AvgIpc) is 3.33. The lowest BCUT2D eigenvalue weighted by atomic mass is 10.1. The van der Waals surface area contributed by atoms with E-state index in [0.29, 0.717) is 39.7 Å². The Morgan fingerprint density at radius 2 is 1.71 bits per heavy atom. The van der Waals surface area contributed by atoms with E-state index in [1.54, 1.807) is 36.4 Å². The zero-order valence-corrected chi connectivity index (χ0v) is 14.3. The van der Waals surface area contributed by atoms with Crippen LogP contribution >= 0.6 is 0 Å². The van der Waals surface area contributed by atoms with Crippen LogP contribution in [0, 0.1) is 5.82 Å². The Morgan fingerprint density at radius 3 is 2.50 bits per heavy atom. The van der Waals surface area contributed by atoms with Crippen LogP contribution in [0.25, 0.3) is 28.2 Å². The minimum atomic E-state index is -1.14. The fraction of sp³-hybridized carbons (Fsp3) is 0.0500. The van der Waals surface area contributed by atoms with Crippen molar-refractivity contribution in [2.75, 3.05) is 6.79 Å². The highest BCUT2D eigenvalue weighted by atomic mass is 19.1. The van der Waals surface area contributed by atoms with Crippen molar-refractivity contribution in [2.24, 2.45) is 0 Å². The Morgan fingerprint density at radius 1 is 0.964 bits per heavy atom. The molecule has 1 aliphatic rings. The van der Waals surface area contributed by atoms with Gasteiger partial charge >= 0.3 is 5.97 Å². The summed E-state index contributed by atoms with van der Waals surface area (Å²) in [5.74, 6) is -0.284. The molecule has 0 amide bonds. The first kappa shape index (κ1) is 16.2. The maximum Gasteiger partial charge on any atom is 0.354 e. The van der Waals surface area contributed by atoms with E-state index in [1.165, 1.54) is 22.7 Å². The van der Waals surface area contributed by atoms with Crippen LogP contribution in [0.3, 0.4) is 0 Å². The second-order valence-electron chi connectivity index (χ2n) is 6.21. The number of aromatic carboxylic acids is 1. The molecule has 3 heterocycles. The number of ether oxygens (including phenoxy) is 2. The molecule has 0 bridgehead atoms. The number of fused-ring (bicyclic) bond motifs is 2. The van der Waals surface area contributed by atoms with Gasteiger partial charge in [0.1, 0.15) is 5.82 Å². The molecule has 0 radical (unpaired) electrons. The van der Waals surface area contributed by atoms with Crippen LogP contribution in [0.4, 0.5) is 4.39 Å². The Labute approximate surface area is 157 Å². The highest BCUT2D eigenvalue weighted by Crippen LogP contribution is 2.36. The predicted octanol–water partition coefficient (Wildman–Crippen LogP) is 3.63. The summed E-state index contributed by atoms with van der Waals surface area (Å²) >= 11 is 0. The molecule has 0 fully saturated rings. The lowest BCUT2D eigenvalue weighted by Gasteiger charge is -2.06. The number of aromatic nitrogens is 3. The number of carbonyl (C=O) groups is 1. The smallest absolute Gasteiger partial charge is 0.354 e. The molecule has 5 rings (SSSR count). The van der Waals surface area contributed by atoms with Crippen molar-refractivity contribution in [1.82, 2.24) is 14.6 Å². The molecule has 2 aromatic heterocycles. The molecule has 1 N–H and O–H groups in total. The van der Waals surface area contributed by atoms with Crippen molar-refractivity contribution >= 4 is 11.6 Å². The molecule has 28 heavy (non-hydrogen) atoms. The zero-order chi connectivity index (χ0) is 19.3. The fourth-order valence-electron chi connectivity index (χ4n) is 3.09. The second-order valence-corrected chi connectivity index (χ2v) is 6.21. The lowest BCUT2D eigenvalue weighted by Crippen LogP contribution is -2.08. The second kappa shape index (κ2) is 6.05. The van der Waals surface area contributed by atoms with Gasteiger partial charge in [-0.05, 0) is 48.5 Å². The quantitative estimate of drug-likeness (QED) is 0.587. The number of carboxylic acids is 1. The number of rotatable bonds is 3. The monoisotopic (exact) mass is 377 g/mol. The summed E-state index contributed by atoms with van der Waals surface area (Å²) in [6.45, 7) is 0.148. The van der Waals surface area contributed by atoms with Gasteiger partial charge in [0.05, 0.1) is 11.4 Å². The normalized spacial score (nSPS) is 12.5. The number of benzene rings is 2. The summed E-state index contributed by atoms with van der Waals surface area (Å²) in [5.41, 5.74) is 2.65. The summed E-state index contributed by atoms with van der Waals surface area (Å²) in [5, 5.41) is 14.0. The molecule has 0 spiro atoms. The van der Waals surface area contributed by atoms with E-state index in [-0.39, 0.29) is 18.3 Å². The first-order valence-corrected chi connectivity index (χ1v) is 8.38. The fourth-order valence-corrected chi connectivity index (χ4v) is 3.09. The van der Waals surface area contributed by atoms with Gasteiger partial charge in [0.2, 0.25) is 6.79 Å². The van der Waals surface area contributed by atoms with Gasteiger partial charge in [-0.25, -0.2) is 18.7 Å². The summed E-state index contributed by atoms with van der Waals surface area (Å²) in [6, 6.07) is 14.2. The van der Waals surface area contributed by atoms with Crippen LogP contribution in [-0.4, -0.2) is 32.5 Å². The molecule has 138 valence electrons. The van der Waals surface area contributed by atoms with Crippen molar-refractivity contribution in [3.8, 4) is 34.0 Å². The first-order valence-electron chi connectivity index (χ1n) is 8.38. The van der Waals surface area contributed by atoms with Crippen LogP contribution in [0.5, 0.6) is 11.5 Å². The maximum absolute atomic E-state index is 13.2. The van der Waals surface area contributed by atoms with Crippen LogP contribution < -0.4 is 9.47 Å². The largest absolute Gasteiger partial charge is 0.477 e. The van der Waals surface area contributed by atoms with E-state index in [4.69, 9.17) is 9.47 Å². The van der Waals surface area contributed by atoms with Crippen LogP contribution in [0.1, 0.15) is 10.5 Å². The standard InChI is InChI=1S/C20H12FN3O4/c21-13-4-1-11(2-5-13)15-9-19-22-14(8-16(20(25)26)24(19)23-15)12-3-6-17-18(7-12)28-10-27-17/h1-9H,10H2,(H,25,26). The van der Waals surface area contributed by atoms with Crippen molar-refractivity contribution in [2.45, 2.75) is 0 Å². The Balaban J connectivity index is 1.67. The van der Waals surface area contributed by atoms with Crippen molar-refractivity contribution in [3.05, 3.63) is 66.1 Å². The average molecular weight is 377 g/mol. The molecule has 0 saturated heterocycles. The zero-order valence-electron chi connectivity index (χ0n) is 14.3. The molecule has 0 atom stereocenters. The van der Waals surface area contributed by atoms with E-state index in [2.05, 4.69) is 10.1 Å². The predicted molar refractivity (Wildman–Crippen MR) is 96.9 cm³/mol. The molecule has 2 aromatic carbocycles. The molecule has 1 aliphatic heterocycles. The summed E-state index contributed by atoms with van der Waals surface area (Å²) in [6.07, 6.45) is 0. The van der Waals surface area contributed by atoms with E-state index < -0.39 is 5.97 Å². The number of nitrogens with zero attached hydrogens (tertiary/aromatic N) is 3.